The van der Waals surface area contributed by atoms with E-state index in [4.69, 9.17) is 0 Å². The lowest BCUT2D eigenvalue weighted by atomic mass is 9.83. The molecule has 1 aliphatic carbocycles. The third kappa shape index (κ3) is 3.66. The second kappa shape index (κ2) is 7.21. The Morgan fingerprint density at radius 3 is 2.52 bits per heavy atom. The highest BCUT2D eigenvalue weighted by Crippen LogP contribution is 2.38. The van der Waals surface area contributed by atoms with Crippen LogP contribution >= 0.6 is 15.9 Å². The molecular formula is C17H26BrFN2. The van der Waals surface area contributed by atoms with E-state index in [1.807, 2.05) is 12.1 Å². The standard InChI is InChI=1S/C17H26BrFN2/c1-4-20-16(17(21(2)3)9-5-6-10-17)12-13-7-8-15(19)14(18)11-13/h7-8,11,16,20H,4-6,9-10,12H2,1-3H3. The van der Waals surface area contributed by atoms with Crippen LogP contribution < -0.4 is 5.32 Å². The number of likely N-dealkylation sites (N-methyl/N-ethyl adjacent to an activating group) is 2. The monoisotopic (exact) mass is 356 g/mol. The first-order valence-electron chi connectivity index (χ1n) is 7.84. The van der Waals surface area contributed by atoms with Crippen molar-refractivity contribution in [2.24, 2.45) is 0 Å². The van der Waals surface area contributed by atoms with Gasteiger partial charge in [-0.15, -0.1) is 0 Å². The zero-order chi connectivity index (χ0) is 15.5. The Kier molecular flexibility index (Phi) is 5.81. The number of nitrogens with zero attached hydrogens (tertiary/aromatic N) is 1. The van der Waals surface area contributed by atoms with Crippen LogP contribution in [0.3, 0.4) is 0 Å². The Morgan fingerprint density at radius 1 is 1.33 bits per heavy atom. The smallest absolute Gasteiger partial charge is 0.137 e. The lowest BCUT2D eigenvalue weighted by molar-refractivity contribution is 0.105. The molecule has 2 nitrogen and oxygen atoms in total. The van der Waals surface area contributed by atoms with Crippen LogP contribution in [0.15, 0.2) is 22.7 Å². The molecule has 0 radical (unpaired) electrons. The van der Waals surface area contributed by atoms with E-state index in [1.54, 1.807) is 6.07 Å². The summed E-state index contributed by atoms with van der Waals surface area (Å²) in [6.45, 7) is 3.12. The average Bonchev–Trinajstić information content (AvgIpc) is 2.93. The SMILES string of the molecule is CCNC(Cc1ccc(F)c(Br)c1)C1(N(C)C)CCCC1. The zero-order valence-electron chi connectivity index (χ0n) is 13.3. The van der Waals surface area contributed by atoms with Gasteiger partial charge in [-0.3, -0.25) is 0 Å². The molecule has 2 rings (SSSR count). The van der Waals surface area contributed by atoms with Crippen molar-refractivity contribution in [3.05, 3.63) is 34.1 Å². The molecule has 0 bridgehead atoms. The highest BCUT2D eigenvalue weighted by molar-refractivity contribution is 9.10. The molecule has 1 aliphatic rings. The van der Waals surface area contributed by atoms with Crippen LogP contribution in [0.4, 0.5) is 4.39 Å². The second-order valence-electron chi connectivity index (χ2n) is 6.27. The van der Waals surface area contributed by atoms with Crippen LogP contribution in [0, 0.1) is 5.82 Å². The van der Waals surface area contributed by atoms with E-state index in [0.29, 0.717) is 10.5 Å². The van der Waals surface area contributed by atoms with Gasteiger partial charge in [-0.2, -0.15) is 0 Å². The van der Waals surface area contributed by atoms with Gasteiger partial charge in [-0.05, 0) is 73.5 Å². The summed E-state index contributed by atoms with van der Waals surface area (Å²) in [7, 11) is 4.38. The summed E-state index contributed by atoms with van der Waals surface area (Å²) in [4.78, 5) is 2.39. The number of nitrogens with one attached hydrogen (secondary N) is 1. The number of benzene rings is 1. The normalized spacial score (nSPS) is 19.1. The Bertz CT molecular complexity index is 470. The molecule has 0 amide bonds. The van der Waals surface area contributed by atoms with Crippen molar-refractivity contribution in [3.63, 3.8) is 0 Å². The van der Waals surface area contributed by atoms with Crippen molar-refractivity contribution in [3.8, 4) is 0 Å². The van der Waals surface area contributed by atoms with Gasteiger partial charge in [0.05, 0.1) is 4.47 Å². The first-order chi connectivity index (χ1) is 9.99. The minimum absolute atomic E-state index is 0.193. The lowest BCUT2D eigenvalue weighted by Crippen LogP contribution is -2.58. The van der Waals surface area contributed by atoms with Crippen LogP contribution in [0.2, 0.25) is 0 Å². The Balaban J connectivity index is 2.23. The van der Waals surface area contributed by atoms with Gasteiger partial charge in [0.25, 0.3) is 0 Å². The molecule has 1 unspecified atom stereocenters. The molecule has 21 heavy (non-hydrogen) atoms. The van der Waals surface area contributed by atoms with E-state index in [1.165, 1.54) is 31.2 Å². The minimum Gasteiger partial charge on any atom is -0.312 e. The maximum atomic E-state index is 13.4. The molecule has 0 aliphatic heterocycles. The van der Waals surface area contributed by atoms with E-state index >= 15 is 0 Å². The summed E-state index contributed by atoms with van der Waals surface area (Å²) in [5, 5.41) is 3.68. The third-order valence-electron chi connectivity index (χ3n) is 4.88. The van der Waals surface area contributed by atoms with Crippen molar-refractivity contribution < 1.29 is 4.39 Å². The molecule has 118 valence electrons. The van der Waals surface area contributed by atoms with Crippen molar-refractivity contribution in [1.29, 1.82) is 0 Å². The zero-order valence-corrected chi connectivity index (χ0v) is 14.8. The summed E-state index contributed by atoms with van der Waals surface area (Å²) >= 11 is 3.30. The van der Waals surface area contributed by atoms with Crippen LogP contribution in [0.1, 0.15) is 38.2 Å². The van der Waals surface area contributed by atoms with Gasteiger partial charge in [-0.25, -0.2) is 4.39 Å². The molecule has 1 saturated carbocycles. The average molecular weight is 357 g/mol. The summed E-state index contributed by atoms with van der Waals surface area (Å²) in [5.41, 5.74) is 1.40. The third-order valence-corrected chi connectivity index (χ3v) is 5.49. The van der Waals surface area contributed by atoms with Crippen LogP contribution in [0.5, 0.6) is 0 Å². The molecule has 1 fully saturated rings. The second-order valence-corrected chi connectivity index (χ2v) is 7.12. The van der Waals surface area contributed by atoms with Gasteiger partial charge in [0.1, 0.15) is 5.82 Å². The molecule has 0 spiro atoms. The van der Waals surface area contributed by atoms with Gasteiger partial charge >= 0.3 is 0 Å². The number of halogens is 2. The highest BCUT2D eigenvalue weighted by atomic mass is 79.9. The molecule has 1 aromatic rings. The van der Waals surface area contributed by atoms with Crippen LogP contribution in [0.25, 0.3) is 0 Å². The molecule has 0 saturated heterocycles. The molecular weight excluding hydrogens is 331 g/mol. The number of rotatable bonds is 6. The predicted molar refractivity (Wildman–Crippen MR) is 90.2 cm³/mol. The molecule has 1 atom stereocenters. The lowest BCUT2D eigenvalue weighted by Gasteiger charge is -2.44. The first kappa shape index (κ1) is 16.9. The maximum Gasteiger partial charge on any atom is 0.137 e. The van der Waals surface area contributed by atoms with E-state index in [2.05, 4.69) is 47.2 Å². The summed E-state index contributed by atoms with van der Waals surface area (Å²) in [5.74, 6) is -0.193. The van der Waals surface area contributed by atoms with Gasteiger partial charge in [0.15, 0.2) is 0 Å². The fourth-order valence-corrected chi connectivity index (χ4v) is 4.12. The fourth-order valence-electron chi connectivity index (χ4n) is 3.70. The molecule has 1 N–H and O–H groups in total. The predicted octanol–water partition coefficient (Wildman–Crippen LogP) is 3.98. The quantitative estimate of drug-likeness (QED) is 0.828. The first-order valence-corrected chi connectivity index (χ1v) is 8.63. The molecule has 4 heteroatoms. The van der Waals surface area contributed by atoms with Crippen molar-refractivity contribution in [1.82, 2.24) is 10.2 Å². The Morgan fingerprint density at radius 2 is 2.00 bits per heavy atom. The van der Waals surface area contributed by atoms with Gasteiger partial charge < -0.3 is 10.2 Å². The van der Waals surface area contributed by atoms with E-state index in [9.17, 15) is 4.39 Å². The van der Waals surface area contributed by atoms with Gasteiger partial charge in [-0.1, -0.05) is 25.8 Å². The van der Waals surface area contributed by atoms with E-state index < -0.39 is 0 Å². The summed E-state index contributed by atoms with van der Waals surface area (Å²) in [6, 6.07) is 5.78. The van der Waals surface area contributed by atoms with Crippen LogP contribution in [-0.4, -0.2) is 37.1 Å². The number of hydrogen-bond acceptors (Lipinski definition) is 2. The van der Waals surface area contributed by atoms with E-state index in [0.717, 1.165) is 13.0 Å². The topological polar surface area (TPSA) is 15.3 Å². The van der Waals surface area contributed by atoms with Crippen molar-refractivity contribution in [2.75, 3.05) is 20.6 Å². The van der Waals surface area contributed by atoms with Crippen molar-refractivity contribution in [2.45, 2.75) is 50.6 Å². The number of hydrogen-bond donors (Lipinski definition) is 1. The van der Waals surface area contributed by atoms with Gasteiger partial charge in [0, 0.05) is 11.6 Å². The minimum atomic E-state index is -0.193. The largest absolute Gasteiger partial charge is 0.312 e. The maximum absolute atomic E-state index is 13.4. The molecule has 0 heterocycles. The fraction of sp³-hybridized carbons (Fsp3) is 0.647. The Labute approximate surface area is 136 Å². The van der Waals surface area contributed by atoms with Gasteiger partial charge in [0.2, 0.25) is 0 Å². The van der Waals surface area contributed by atoms with Crippen LogP contribution in [-0.2, 0) is 6.42 Å². The summed E-state index contributed by atoms with van der Waals surface area (Å²) < 4.78 is 14.0. The molecule has 0 aromatic heterocycles. The Hall–Kier alpha value is -0.450. The van der Waals surface area contributed by atoms with Crippen molar-refractivity contribution >= 4 is 15.9 Å². The molecule has 1 aromatic carbocycles. The summed E-state index contributed by atoms with van der Waals surface area (Å²) in [6.07, 6.45) is 6.01. The van der Waals surface area contributed by atoms with E-state index in [-0.39, 0.29) is 11.4 Å². The highest BCUT2D eigenvalue weighted by Gasteiger charge is 2.42.